The van der Waals surface area contributed by atoms with Crippen molar-refractivity contribution >= 4 is 123 Å². The Morgan fingerprint density at radius 3 is 1.30 bits per heavy atom. The van der Waals surface area contributed by atoms with Crippen molar-refractivity contribution in [3.8, 4) is 11.5 Å². The summed E-state index contributed by atoms with van der Waals surface area (Å²) < 4.78 is 5.22. The predicted molar refractivity (Wildman–Crippen MR) is 393 cm³/mol. The van der Waals surface area contributed by atoms with Crippen LogP contribution in [0.1, 0.15) is 116 Å². The topological polar surface area (TPSA) is 346 Å². The SMILES string of the molecule is CCC[CH2][Sn]([CH2]CCC)([CH2]CCC)[S]c1ccc(C)cc1.CN(C)c1cc(I)c(O)c2c1CC1CC3[C@H](N(C)C)C(=O)C(C(N)=O)=C(O)[C@@]3(O)C(=O)C1=C2O.Cc1ccc(SC(=O)c2cc(N(C)C)c3c(c2O)C(O)=C2C(=O)[C@]4(O)C(O)=C(C(N)=O)C(=O)[C@@H](N(C)C)C4CC2C3)cc1. The molecule has 2 amide bonds. The average molecular weight is 1600 g/mol. The van der Waals surface area contributed by atoms with E-state index in [1.165, 1.54) is 60.0 Å². The van der Waals surface area contributed by atoms with Gasteiger partial charge >= 0.3 is 140 Å². The number of thioether (sulfide) groups is 1. The number of aliphatic hydroxyl groups excluding tert-OH is 4. The number of benzene rings is 4. The van der Waals surface area contributed by atoms with Gasteiger partial charge in [0.25, 0.3) is 11.8 Å². The van der Waals surface area contributed by atoms with Gasteiger partial charge in [0.15, 0.2) is 22.8 Å². The zero-order chi connectivity index (χ0) is 72.7. The number of nitrogens with two attached hydrogens (primary N) is 2. The zero-order valence-corrected chi connectivity index (χ0v) is 64.6. The first-order valence-corrected chi connectivity index (χ1v) is 45.4. The van der Waals surface area contributed by atoms with Crippen LogP contribution in [0.25, 0.3) is 11.5 Å². The van der Waals surface area contributed by atoms with Crippen molar-refractivity contribution in [3.63, 3.8) is 0 Å². The van der Waals surface area contributed by atoms with Crippen LogP contribution in [0.5, 0.6) is 11.5 Å². The Bertz CT molecular complexity index is 3980. The second-order valence-corrected chi connectivity index (χ2v) is 49.0. The summed E-state index contributed by atoms with van der Waals surface area (Å²) in [5, 5.41) is 89.7. The second-order valence-electron chi connectivity index (χ2n) is 27.5. The van der Waals surface area contributed by atoms with Crippen LogP contribution in [0.3, 0.4) is 0 Å². The summed E-state index contributed by atoms with van der Waals surface area (Å²) in [5.74, 6) is -14.0. The molecule has 6 aliphatic carbocycles. The van der Waals surface area contributed by atoms with Gasteiger partial charge < -0.3 is 62.1 Å². The minimum atomic E-state index is -2.74. The number of aliphatic hydroxyl groups is 6. The third kappa shape index (κ3) is 14.3. The number of likely N-dealkylation sites (N-methyl/N-ethyl adjacent to an activating group) is 2. The van der Waals surface area contributed by atoms with Crippen LogP contribution in [0.2, 0.25) is 13.3 Å². The van der Waals surface area contributed by atoms with Gasteiger partial charge in [-0.1, -0.05) is 17.7 Å². The molecular weight excluding hydrogens is 1510 g/mol. The number of ketones is 4. The average Bonchev–Trinajstić information content (AvgIpc) is 0.705. The third-order valence-electron chi connectivity index (χ3n) is 20.1. The van der Waals surface area contributed by atoms with Gasteiger partial charge in [-0.25, -0.2) is 0 Å². The number of nitrogens with zero attached hydrogens (tertiary/aromatic N) is 4. The van der Waals surface area contributed by atoms with E-state index < -0.39 is 144 Å². The monoisotopic (exact) mass is 1600 g/mol. The van der Waals surface area contributed by atoms with Gasteiger partial charge in [-0.15, -0.1) is 0 Å². The number of hydrogen-bond donors (Lipinski definition) is 10. The number of carbonyl (C=O) groups is 7. The zero-order valence-electron chi connectivity index (χ0n) is 58.0. The molecule has 2 fully saturated rings. The quantitative estimate of drug-likeness (QED) is 0.0180. The maximum absolute atomic E-state index is 14.1. The number of primary amides is 2. The van der Waals surface area contributed by atoms with Gasteiger partial charge in [0.1, 0.15) is 45.7 Å². The van der Waals surface area contributed by atoms with Crippen LogP contribution in [0.15, 0.2) is 104 Å². The second kappa shape index (κ2) is 30.8. The Morgan fingerprint density at radius 2 is 0.939 bits per heavy atom. The molecule has 12 N–H and O–H groups in total. The number of Topliss-reactive ketones (excluding diaryl/α,β-unsaturated/α-hetero) is 4. The molecule has 8 atom stereocenters. The van der Waals surface area contributed by atoms with Crippen LogP contribution < -0.4 is 21.3 Å². The minimum absolute atomic E-state index is 0.0245. The van der Waals surface area contributed by atoms with E-state index in [1.807, 2.05) is 60.6 Å². The molecule has 0 radical (unpaired) electrons. The fraction of sp³-hybridized carbons (Fsp3) is 0.466. The van der Waals surface area contributed by atoms with Crippen molar-refractivity contribution in [1.82, 2.24) is 9.80 Å². The largest absolute Gasteiger partial charge is 0.508 e. The summed E-state index contributed by atoms with van der Waals surface area (Å²) in [4.78, 5) is 101. The van der Waals surface area contributed by atoms with Gasteiger partial charge in [-0.2, -0.15) is 0 Å². The van der Waals surface area contributed by atoms with Gasteiger partial charge in [-0.05, 0) is 142 Å². The number of halogens is 1. The fourth-order valence-electron chi connectivity index (χ4n) is 15.2. The number of phenolic OH excluding ortho intramolecular Hbond substituents is 2. The number of carbonyl (C=O) groups excluding carboxylic acids is 7. The smallest absolute Gasteiger partial charge is 0.255 e. The molecule has 0 saturated heterocycles. The first-order valence-electron chi connectivity index (χ1n) is 33.1. The Kier molecular flexibility index (Phi) is 24.3. The van der Waals surface area contributed by atoms with Crippen molar-refractivity contribution < 1.29 is 74.4 Å². The summed E-state index contributed by atoms with van der Waals surface area (Å²) in [5.41, 5.74) is 7.86. The maximum atomic E-state index is 14.1. The summed E-state index contributed by atoms with van der Waals surface area (Å²) in [7, 11) is 15.7. The molecule has 2 saturated carbocycles. The Labute approximate surface area is 597 Å². The summed E-state index contributed by atoms with van der Waals surface area (Å²) in [6, 6.07) is 17.6. The van der Waals surface area contributed by atoms with Gasteiger partial charge in [0, 0.05) is 67.4 Å². The first-order chi connectivity index (χ1) is 46.0. The van der Waals surface area contributed by atoms with Crippen LogP contribution in [0, 0.1) is 41.1 Å². The summed E-state index contributed by atoms with van der Waals surface area (Å²) >= 11 is 0.763. The van der Waals surface area contributed by atoms with Gasteiger partial charge in [-0.3, -0.25) is 43.4 Å². The van der Waals surface area contributed by atoms with Crippen molar-refractivity contribution in [3.05, 3.63) is 137 Å². The number of phenols is 2. The van der Waals surface area contributed by atoms with Gasteiger partial charge in [0.05, 0.1) is 32.3 Å². The molecule has 0 spiro atoms. The first kappa shape index (κ1) is 77.3. The van der Waals surface area contributed by atoms with Crippen LogP contribution >= 0.6 is 43.3 Å². The maximum Gasteiger partial charge on any atom is 0.255 e. The molecule has 528 valence electrons. The van der Waals surface area contributed by atoms with Crippen molar-refractivity contribution in [2.24, 2.45) is 35.1 Å². The molecule has 6 aliphatic rings. The molecule has 0 heterocycles. The van der Waals surface area contributed by atoms with E-state index in [1.54, 1.807) is 83.6 Å². The van der Waals surface area contributed by atoms with E-state index in [4.69, 9.17) is 11.5 Å². The number of aromatic hydroxyl groups is 2. The number of fused-ring (bicyclic) bond motifs is 6. The van der Waals surface area contributed by atoms with Crippen molar-refractivity contribution in [1.29, 1.82) is 0 Å². The Balaban J connectivity index is 0.000000199. The summed E-state index contributed by atoms with van der Waals surface area (Å²) in [6.07, 6.45) is 8.89. The van der Waals surface area contributed by atoms with Crippen LogP contribution in [0.4, 0.5) is 11.4 Å². The van der Waals surface area contributed by atoms with Crippen LogP contribution in [-0.4, -0.2) is 187 Å². The minimum Gasteiger partial charge on any atom is -0.508 e. The van der Waals surface area contributed by atoms with E-state index in [9.17, 15) is 74.4 Å². The van der Waals surface area contributed by atoms with E-state index in [0.29, 0.717) is 25.3 Å². The Hall–Kier alpha value is -6.40. The third-order valence-corrected chi connectivity index (χ3v) is 43.4. The van der Waals surface area contributed by atoms with E-state index >= 15 is 0 Å². The van der Waals surface area contributed by atoms with Crippen molar-refractivity contribution in [2.75, 3.05) is 66.2 Å². The summed E-state index contributed by atoms with van der Waals surface area (Å²) in [6.45, 7) is 11.2. The molecule has 98 heavy (non-hydrogen) atoms. The van der Waals surface area contributed by atoms with Crippen molar-refractivity contribution in [2.45, 2.75) is 145 Å². The molecular formula is C73H93IN6O15S2Sn. The van der Waals surface area contributed by atoms with E-state index in [2.05, 4.69) is 60.9 Å². The number of hydrogen-bond acceptors (Lipinski definition) is 21. The molecule has 0 aromatic heterocycles. The molecule has 4 aromatic carbocycles. The van der Waals surface area contributed by atoms with Gasteiger partial charge in [0.2, 0.25) is 16.7 Å². The molecule has 21 nitrogen and oxygen atoms in total. The standard InChI is InChI=1S/C31H33N3O8S.C23H26IN3O7.C7H8S.3C4H9.Sn/c1-13-6-8-15(9-7-13)43-30(41)17-12-19(33(2)3)16-10-14-11-18-23(34(4)5)26(37)22(29(32)40)28(39)31(18,42)27(38)20(14)25(36)21(16)24(17)35;1-26(2)12-7-11(24)17(28)14-9(12)5-8-6-10-16(27(3)4)19(30)15(22(25)33)21(32)23(10,34)20(31)13(8)18(14)29;1-6-2-4-7(8)5-3-6;3*1-3-4-2;/h6-9,12,14,18,23,35-36,39,42H,10-11H2,1-5H3,(H2,32,40);7-8,10,16,28-29,32,34H,5-6H2,1-4H3,(H2,25,33);2-5,8H,1H3;3*1,3-4H2,2H3;/q;;;;;;+1/p-1/t14?,18?,23-,31-;8?,10?,16-,23-;;;;;/m00...../s1. The normalized spacial score (nSPS) is 23.4. The molecule has 0 bridgehead atoms. The number of anilines is 2. The molecule has 4 aromatic rings. The number of unbranched alkanes of at least 4 members (excludes halogenated alkanes) is 3. The molecule has 4 unspecified atom stereocenters. The Morgan fingerprint density at radius 1 is 0.571 bits per heavy atom. The molecule has 10 rings (SSSR count). The molecule has 25 heteroatoms. The number of amides is 2. The van der Waals surface area contributed by atoms with E-state index in [-0.39, 0.29) is 59.3 Å². The fourth-order valence-corrected chi connectivity index (χ4v) is 39.2. The number of aryl methyl sites for hydroxylation is 2. The predicted octanol–water partition coefficient (Wildman–Crippen LogP) is 10.3. The number of rotatable bonds is 19. The molecule has 0 aliphatic heterocycles. The van der Waals surface area contributed by atoms with E-state index in [0.717, 1.165) is 23.0 Å². The van der Waals surface area contributed by atoms with Crippen LogP contribution in [-0.2, 0) is 41.6 Å².